The number of nitriles is 1. The van der Waals surface area contributed by atoms with Crippen LogP contribution in [0.2, 0.25) is 0 Å². The van der Waals surface area contributed by atoms with Crippen LogP contribution in [-0.4, -0.2) is 15.1 Å². The van der Waals surface area contributed by atoms with Gasteiger partial charge in [0.25, 0.3) is 0 Å². The fraction of sp³-hybridized carbons (Fsp3) is 0.385. The third-order valence-corrected chi connectivity index (χ3v) is 2.96. The van der Waals surface area contributed by atoms with Crippen molar-refractivity contribution in [1.82, 2.24) is 9.55 Å². The Hall–Kier alpha value is -1.86. The van der Waals surface area contributed by atoms with Crippen molar-refractivity contribution in [2.24, 2.45) is 5.73 Å². The number of rotatable bonds is 3. The van der Waals surface area contributed by atoms with Gasteiger partial charge < -0.3 is 10.3 Å². The first-order valence-corrected chi connectivity index (χ1v) is 5.65. The number of benzene rings is 1. The maximum Gasteiger partial charge on any atom is 0.106 e. The van der Waals surface area contributed by atoms with Crippen LogP contribution in [0.1, 0.15) is 19.2 Å². The lowest BCUT2D eigenvalue weighted by atomic mass is 10.0. The van der Waals surface area contributed by atoms with Crippen molar-refractivity contribution in [3.05, 3.63) is 30.1 Å². The Morgan fingerprint density at radius 1 is 1.47 bits per heavy atom. The van der Waals surface area contributed by atoms with Crippen LogP contribution in [0.25, 0.3) is 11.0 Å². The predicted octanol–water partition coefficient (Wildman–Crippen LogP) is 1.98. The molecule has 1 aromatic heterocycles. The molecule has 4 heteroatoms. The first-order chi connectivity index (χ1) is 8.03. The highest BCUT2D eigenvalue weighted by molar-refractivity contribution is 5.75. The molecule has 1 unspecified atom stereocenters. The van der Waals surface area contributed by atoms with Gasteiger partial charge in [0.05, 0.1) is 17.1 Å². The van der Waals surface area contributed by atoms with Crippen LogP contribution in [0.5, 0.6) is 0 Å². The molecule has 2 rings (SSSR count). The van der Waals surface area contributed by atoms with E-state index in [2.05, 4.69) is 15.6 Å². The number of fused-ring (bicyclic) bond motifs is 1. The van der Waals surface area contributed by atoms with Crippen LogP contribution >= 0.6 is 0 Å². The molecule has 0 radical (unpaired) electrons. The van der Waals surface area contributed by atoms with Crippen LogP contribution in [0, 0.1) is 18.3 Å². The van der Waals surface area contributed by atoms with E-state index in [1.54, 1.807) is 6.92 Å². The molecule has 0 aliphatic heterocycles. The van der Waals surface area contributed by atoms with Crippen molar-refractivity contribution in [1.29, 1.82) is 5.26 Å². The van der Waals surface area contributed by atoms with Crippen molar-refractivity contribution in [2.75, 3.05) is 0 Å². The van der Waals surface area contributed by atoms with Crippen LogP contribution in [0.3, 0.4) is 0 Å². The third-order valence-electron chi connectivity index (χ3n) is 2.96. The number of hydrogen-bond donors (Lipinski definition) is 1. The molecule has 0 aliphatic rings. The quantitative estimate of drug-likeness (QED) is 0.873. The molecule has 2 aromatic rings. The van der Waals surface area contributed by atoms with Crippen LogP contribution in [0.4, 0.5) is 0 Å². The van der Waals surface area contributed by atoms with E-state index in [9.17, 15) is 0 Å². The minimum absolute atomic E-state index is 0.616. The smallest absolute Gasteiger partial charge is 0.106 e. The van der Waals surface area contributed by atoms with Gasteiger partial charge in [0.15, 0.2) is 0 Å². The molecule has 0 saturated carbocycles. The van der Waals surface area contributed by atoms with Gasteiger partial charge in [-0.15, -0.1) is 0 Å². The largest absolute Gasteiger partial charge is 0.328 e. The summed E-state index contributed by atoms with van der Waals surface area (Å²) in [7, 11) is 0. The van der Waals surface area contributed by atoms with Gasteiger partial charge in [0.2, 0.25) is 0 Å². The summed E-state index contributed by atoms with van der Waals surface area (Å²) in [5.41, 5.74) is 7.13. The van der Waals surface area contributed by atoms with E-state index in [1.165, 1.54) is 0 Å². The van der Waals surface area contributed by atoms with Crippen LogP contribution in [-0.2, 0) is 6.54 Å². The monoisotopic (exact) mass is 228 g/mol. The van der Waals surface area contributed by atoms with Gasteiger partial charge in [-0.2, -0.15) is 5.26 Å². The lowest BCUT2D eigenvalue weighted by Gasteiger charge is -2.16. The molecule has 1 heterocycles. The van der Waals surface area contributed by atoms with Crippen molar-refractivity contribution >= 4 is 11.0 Å². The second-order valence-corrected chi connectivity index (χ2v) is 4.58. The fourth-order valence-electron chi connectivity index (χ4n) is 1.88. The Morgan fingerprint density at radius 2 is 2.18 bits per heavy atom. The second-order valence-electron chi connectivity index (χ2n) is 4.58. The summed E-state index contributed by atoms with van der Waals surface area (Å²) in [6.45, 7) is 4.44. The summed E-state index contributed by atoms with van der Waals surface area (Å²) in [5, 5.41) is 8.91. The summed E-state index contributed by atoms with van der Waals surface area (Å²) < 4.78 is 2.11. The van der Waals surface area contributed by atoms with Gasteiger partial charge in [0.1, 0.15) is 11.4 Å². The summed E-state index contributed by atoms with van der Waals surface area (Å²) in [6.07, 6.45) is 0.616. The van der Waals surface area contributed by atoms with E-state index in [0.29, 0.717) is 13.0 Å². The van der Waals surface area contributed by atoms with Crippen LogP contribution in [0.15, 0.2) is 24.3 Å². The molecule has 4 nitrogen and oxygen atoms in total. The SMILES string of the molecule is Cc1nc2ccccc2n1CCC(C)(N)C#N. The highest BCUT2D eigenvalue weighted by Gasteiger charge is 2.18. The Kier molecular flexibility index (Phi) is 2.86. The zero-order valence-electron chi connectivity index (χ0n) is 10.1. The standard InChI is InChI=1S/C13H16N4/c1-10-16-11-5-3-4-6-12(11)17(10)8-7-13(2,15)9-14/h3-6H,7-8,15H2,1-2H3. The number of hydrogen-bond acceptors (Lipinski definition) is 3. The number of aryl methyl sites for hydroxylation is 2. The summed E-state index contributed by atoms with van der Waals surface area (Å²) in [6, 6.07) is 10.1. The highest BCUT2D eigenvalue weighted by Crippen LogP contribution is 2.17. The van der Waals surface area contributed by atoms with E-state index in [1.807, 2.05) is 31.2 Å². The molecule has 1 aromatic carbocycles. The zero-order valence-corrected chi connectivity index (χ0v) is 10.1. The lowest BCUT2D eigenvalue weighted by Crippen LogP contribution is -2.35. The Bertz CT molecular complexity index is 575. The molecular formula is C13H16N4. The van der Waals surface area contributed by atoms with Crippen molar-refractivity contribution in [3.8, 4) is 6.07 Å². The molecular weight excluding hydrogens is 212 g/mol. The number of para-hydroxylation sites is 2. The minimum atomic E-state index is -0.780. The van der Waals surface area contributed by atoms with E-state index in [4.69, 9.17) is 11.0 Å². The molecule has 0 spiro atoms. The molecule has 0 bridgehead atoms. The molecule has 0 saturated heterocycles. The maximum atomic E-state index is 8.91. The molecule has 1 atom stereocenters. The number of nitrogens with two attached hydrogens (primary N) is 1. The summed E-state index contributed by atoms with van der Waals surface area (Å²) >= 11 is 0. The van der Waals surface area contributed by atoms with Crippen molar-refractivity contribution in [2.45, 2.75) is 32.4 Å². The van der Waals surface area contributed by atoms with Gasteiger partial charge in [-0.25, -0.2) is 4.98 Å². The topological polar surface area (TPSA) is 67.6 Å². The molecule has 0 amide bonds. The van der Waals surface area contributed by atoms with Crippen LogP contribution < -0.4 is 5.73 Å². The summed E-state index contributed by atoms with van der Waals surface area (Å²) in [4.78, 5) is 4.48. The third kappa shape index (κ3) is 2.29. The second kappa shape index (κ2) is 4.19. The van der Waals surface area contributed by atoms with Gasteiger partial charge in [-0.3, -0.25) is 0 Å². The molecule has 17 heavy (non-hydrogen) atoms. The predicted molar refractivity (Wildman–Crippen MR) is 67.3 cm³/mol. The van der Waals surface area contributed by atoms with E-state index in [0.717, 1.165) is 16.9 Å². The van der Waals surface area contributed by atoms with E-state index < -0.39 is 5.54 Å². The van der Waals surface area contributed by atoms with Gasteiger partial charge in [0, 0.05) is 6.54 Å². The van der Waals surface area contributed by atoms with Crippen molar-refractivity contribution in [3.63, 3.8) is 0 Å². The molecule has 0 fully saturated rings. The summed E-state index contributed by atoms with van der Waals surface area (Å²) in [5.74, 6) is 0.958. The normalized spacial score (nSPS) is 14.5. The first-order valence-electron chi connectivity index (χ1n) is 5.65. The molecule has 2 N–H and O–H groups in total. The average Bonchev–Trinajstić information content (AvgIpc) is 2.62. The van der Waals surface area contributed by atoms with Crippen molar-refractivity contribution < 1.29 is 0 Å². The fourth-order valence-corrected chi connectivity index (χ4v) is 1.88. The number of imidazole rings is 1. The molecule has 88 valence electrons. The highest BCUT2D eigenvalue weighted by atomic mass is 15.1. The zero-order chi connectivity index (χ0) is 12.5. The van der Waals surface area contributed by atoms with Gasteiger partial charge in [-0.05, 0) is 32.4 Å². The van der Waals surface area contributed by atoms with E-state index >= 15 is 0 Å². The Balaban J connectivity index is 2.31. The Labute approximate surface area is 101 Å². The minimum Gasteiger partial charge on any atom is -0.328 e. The maximum absolute atomic E-state index is 8.91. The number of aromatic nitrogens is 2. The number of nitrogens with zero attached hydrogens (tertiary/aromatic N) is 3. The Morgan fingerprint density at radius 3 is 2.88 bits per heavy atom. The first kappa shape index (κ1) is 11.6. The van der Waals surface area contributed by atoms with Gasteiger partial charge >= 0.3 is 0 Å². The lowest BCUT2D eigenvalue weighted by molar-refractivity contribution is 0.491. The average molecular weight is 228 g/mol. The molecule has 0 aliphatic carbocycles. The van der Waals surface area contributed by atoms with E-state index in [-0.39, 0.29) is 0 Å². The van der Waals surface area contributed by atoms with Gasteiger partial charge in [-0.1, -0.05) is 12.1 Å².